The third-order valence-corrected chi connectivity index (χ3v) is 3.92. The van der Waals surface area contributed by atoms with Crippen LogP contribution in [0.5, 0.6) is 5.75 Å². The molecule has 0 spiro atoms. The molecule has 0 aliphatic heterocycles. The van der Waals surface area contributed by atoms with Gasteiger partial charge in [-0.1, -0.05) is 12.1 Å². The van der Waals surface area contributed by atoms with E-state index >= 15 is 0 Å². The smallest absolute Gasteiger partial charge is 0.269 e. The molecule has 1 N–H and O–H groups in total. The van der Waals surface area contributed by atoms with Gasteiger partial charge in [0.1, 0.15) is 6.61 Å². The molecule has 26 heavy (non-hydrogen) atoms. The van der Waals surface area contributed by atoms with Crippen molar-refractivity contribution in [3.8, 4) is 5.75 Å². The molecule has 0 fully saturated rings. The van der Waals surface area contributed by atoms with Crippen molar-refractivity contribution < 1.29 is 18.8 Å². The molecule has 0 radical (unpaired) electrons. The van der Waals surface area contributed by atoms with Crippen molar-refractivity contribution >= 4 is 17.3 Å². The van der Waals surface area contributed by atoms with Crippen LogP contribution in [-0.4, -0.2) is 42.0 Å². The maximum Gasteiger partial charge on any atom is 0.269 e. The number of para-hydroxylation sites is 1. The summed E-state index contributed by atoms with van der Waals surface area (Å²) < 4.78 is 18.9. The summed E-state index contributed by atoms with van der Waals surface area (Å²) in [6.45, 7) is 2.37. The Morgan fingerprint density at radius 2 is 1.92 bits per heavy atom. The van der Waals surface area contributed by atoms with E-state index in [0.717, 1.165) is 0 Å². The van der Waals surface area contributed by atoms with Crippen LogP contribution in [0, 0.1) is 15.9 Å². The number of nitro benzene ring substituents is 1. The molecule has 0 aliphatic rings. The van der Waals surface area contributed by atoms with Crippen LogP contribution in [0.2, 0.25) is 0 Å². The molecule has 1 unspecified atom stereocenters. The average molecular weight is 361 g/mol. The molecule has 0 saturated carbocycles. The Labute approximate surface area is 150 Å². The maximum absolute atomic E-state index is 13.5. The monoisotopic (exact) mass is 361 g/mol. The highest BCUT2D eigenvalue weighted by molar-refractivity contribution is 5.94. The molecule has 0 aliphatic carbocycles. The highest BCUT2D eigenvalue weighted by atomic mass is 19.1. The Morgan fingerprint density at radius 1 is 1.27 bits per heavy atom. The van der Waals surface area contributed by atoms with Gasteiger partial charge in [0.15, 0.2) is 11.6 Å². The number of hydrogen-bond donors (Lipinski definition) is 1. The van der Waals surface area contributed by atoms with E-state index in [4.69, 9.17) is 4.74 Å². The summed E-state index contributed by atoms with van der Waals surface area (Å²) >= 11 is 0. The third kappa shape index (κ3) is 5.25. The van der Waals surface area contributed by atoms with Gasteiger partial charge >= 0.3 is 0 Å². The van der Waals surface area contributed by atoms with Crippen LogP contribution in [0.15, 0.2) is 48.5 Å². The van der Waals surface area contributed by atoms with Gasteiger partial charge in [-0.15, -0.1) is 0 Å². The lowest BCUT2D eigenvalue weighted by molar-refractivity contribution is -0.384. The van der Waals surface area contributed by atoms with Gasteiger partial charge in [0.25, 0.3) is 5.69 Å². The number of likely N-dealkylation sites (N-methyl/N-ethyl adjacent to an activating group) is 1. The lowest BCUT2D eigenvalue weighted by Crippen LogP contribution is -2.41. The van der Waals surface area contributed by atoms with Crippen LogP contribution in [0.3, 0.4) is 0 Å². The molecule has 8 heteroatoms. The predicted molar refractivity (Wildman–Crippen MR) is 95.7 cm³/mol. The van der Waals surface area contributed by atoms with E-state index in [1.807, 2.05) is 0 Å². The van der Waals surface area contributed by atoms with E-state index in [1.54, 1.807) is 37.1 Å². The Balaban J connectivity index is 1.82. The number of rotatable bonds is 8. The van der Waals surface area contributed by atoms with E-state index in [0.29, 0.717) is 12.2 Å². The molecular weight excluding hydrogens is 341 g/mol. The Morgan fingerprint density at radius 3 is 2.54 bits per heavy atom. The van der Waals surface area contributed by atoms with Gasteiger partial charge in [-0.2, -0.15) is 0 Å². The minimum Gasteiger partial charge on any atom is -0.489 e. The fourth-order valence-electron chi connectivity index (χ4n) is 2.17. The molecule has 2 aromatic rings. The largest absolute Gasteiger partial charge is 0.489 e. The van der Waals surface area contributed by atoms with Gasteiger partial charge in [-0.3, -0.25) is 19.8 Å². The molecule has 1 atom stereocenters. The molecule has 2 aromatic carbocycles. The fraction of sp³-hybridized carbons (Fsp3) is 0.278. The Bertz CT molecular complexity index is 767. The molecule has 0 heterocycles. The van der Waals surface area contributed by atoms with Crippen LogP contribution in [0.4, 0.5) is 15.8 Å². The number of benzene rings is 2. The van der Waals surface area contributed by atoms with E-state index < -0.39 is 16.8 Å². The average Bonchev–Trinajstić information content (AvgIpc) is 2.63. The Hall–Kier alpha value is -3.00. The first-order chi connectivity index (χ1) is 12.4. The van der Waals surface area contributed by atoms with Gasteiger partial charge in [0.2, 0.25) is 5.91 Å². The summed E-state index contributed by atoms with van der Waals surface area (Å²) in [6, 6.07) is 11.3. The van der Waals surface area contributed by atoms with Gasteiger partial charge in [-0.05, 0) is 38.2 Å². The number of anilines is 1. The second kappa shape index (κ2) is 8.91. The first kappa shape index (κ1) is 19.3. The van der Waals surface area contributed by atoms with E-state index in [2.05, 4.69) is 5.32 Å². The minimum absolute atomic E-state index is 0.0431. The number of amides is 1. The quantitative estimate of drug-likeness (QED) is 0.577. The number of halogens is 1. The maximum atomic E-state index is 13.5. The van der Waals surface area contributed by atoms with Crippen LogP contribution in [-0.2, 0) is 4.79 Å². The van der Waals surface area contributed by atoms with Crippen LogP contribution in [0.1, 0.15) is 6.92 Å². The molecule has 1 amide bonds. The minimum atomic E-state index is -0.502. The highest BCUT2D eigenvalue weighted by Crippen LogP contribution is 2.17. The zero-order valence-corrected chi connectivity index (χ0v) is 14.5. The number of carbonyl (C=O) groups excluding carboxylic acids is 1. The van der Waals surface area contributed by atoms with Crippen LogP contribution in [0.25, 0.3) is 0 Å². The molecule has 0 bridgehead atoms. The van der Waals surface area contributed by atoms with Crippen molar-refractivity contribution in [2.75, 3.05) is 25.5 Å². The van der Waals surface area contributed by atoms with Crippen molar-refractivity contribution in [1.82, 2.24) is 4.90 Å². The normalized spacial score (nSPS) is 11.8. The highest BCUT2D eigenvalue weighted by Gasteiger charge is 2.18. The first-order valence-electron chi connectivity index (χ1n) is 8.01. The van der Waals surface area contributed by atoms with Crippen molar-refractivity contribution in [3.63, 3.8) is 0 Å². The molecule has 0 saturated heterocycles. The lowest BCUT2D eigenvalue weighted by Gasteiger charge is -2.23. The summed E-state index contributed by atoms with van der Waals surface area (Å²) in [7, 11) is 1.75. The summed E-state index contributed by atoms with van der Waals surface area (Å²) in [5.41, 5.74) is 0.432. The van der Waals surface area contributed by atoms with E-state index in [9.17, 15) is 19.3 Å². The topological polar surface area (TPSA) is 84.7 Å². The summed E-state index contributed by atoms with van der Waals surface area (Å²) in [4.78, 5) is 24.2. The summed E-state index contributed by atoms with van der Waals surface area (Å²) in [5, 5.41) is 13.3. The lowest BCUT2D eigenvalue weighted by atomic mass is 10.2. The Kier molecular flexibility index (Phi) is 6.62. The van der Waals surface area contributed by atoms with Crippen LogP contribution < -0.4 is 10.1 Å². The van der Waals surface area contributed by atoms with Crippen LogP contribution >= 0.6 is 0 Å². The van der Waals surface area contributed by atoms with Crippen molar-refractivity contribution in [2.24, 2.45) is 0 Å². The predicted octanol–water partition coefficient (Wildman–Crippen LogP) is 3.07. The first-order valence-corrected chi connectivity index (χ1v) is 8.01. The number of nitrogens with one attached hydrogen (secondary N) is 1. The standard InChI is InChI=1S/C18H20FN3O4/c1-13(18(23)20-14-7-9-15(10-8-14)22(24)25)21(2)11-12-26-17-6-4-3-5-16(17)19/h3-10,13H,11-12H2,1-2H3,(H,20,23). The number of carbonyl (C=O) groups is 1. The van der Waals surface area contributed by atoms with Gasteiger partial charge in [0, 0.05) is 24.4 Å². The van der Waals surface area contributed by atoms with E-state index in [1.165, 1.54) is 30.3 Å². The molecule has 138 valence electrons. The second-order valence-corrected chi connectivity index (χ2v) is 5.73. The van der Waals surface area contributed by atoms with Crippen molar-refractivity contribution in [2.45, 2.75) is 13.0 Å². The molecule has 0 aromatic heterocycles. The molecular formula is C18H20FN3O4. The number of ether oxygens (including phenoxy) is 1. The van der Waals surface area contributed by atoms with Gasteiger partial charge < -0.3 is 10.1 Å². The van der Waals surface area contributed by atoms with Gasteiger partial charge in [-0.25, -0.2) is 4.39 Å². The number of hydrogen-bond acceptors (Lipinski definition) is 5. The molecule has 7 nitrogen and oxygen atoms in total. The van der Waals surface area contributed by atoms with Crippen molar-refractivity contribution in [3.05, 3.63) is 64.5 Å². The third-order valence-electron chi connectivity index (χ3n) is 3.92. The second-order valence-electron chi connectivity index (χ2n) is 5.73. The summed E-state index contributed by atoms with van der Waals surface area (Å²) in [5.74, 6) is -0.518. The van der Waals surface area contributed by atoms with E-state index in [-0.39, 0.29) is 24.0 Å². The number of non-ortho nitro benzene ring substituents is 1. The van der Waals surface area contributed by atoms with Crippen molar-refractivity contribution in [1.29, 1.82) is 0 Å². The number of nitrogens with zero attached hydrogens (tertiary/aromatic N) is 2. The SMILES string of the molecule is CC(C(=O)Nc1ccc([N+](=O)[O-])cc1)N(C)CCOc1ccccc1F. The summed E-state index contributed by atoms with van der Waals surface area (Å²) in [6.07, 6.45) is 0. The van der Waals surface area contributed by atoms with Gasteiger partial charge in [0.05, 0.1) is 11.0 Å². The fourth-order valence-corrected chi connectivity index (χ4v) is 2.17. The molecule has 2 rings (SSSR count). The zero-order chi connectivity index (χ0) is 19.1. The zero-order valence-electron chi connectivity index (χ0n) is 14.5. The number of nitro groups is 1.